The predicted molar refractivity (Wildman–Crippen MR) is 130 cm³/mol. The van der Waals surface area contributed by atoms with Crippen LogP contribution in [0.4, 0.5) is 5.95 Å². The van der Waals surface area contributed by atoms with Crippen molar-refractivity contribution in [2.75, 3.05) is 18.0 Å². The molecule has 0 unspecified atom stereocenters. The highest BCUT2D eigenvalue weighted by Crippen LogP contribution is 2.18. The SMILES string of the molecule is CCN(CC)c1nc2cc(C(=O)NCc3ccc(C)o3)ccc2c(=O)n1Cc1ccccc1. The molecule has 0 spiro atoms. The van der Waals surface area contributed by atoms with Crippen LogP contribution >= 0.6 is 0 Å². The summed E-state index contributed by atoms with van der Waals surface area (Å²) in [6.07, 6.45) is 0. The van der Waals surface area contributed by atoms with E-state index in [0.29, 0.717) is 54.4 Å². The fourth-order valence-electron chi connectivity index (χ4n) is 3.86. The molecule has 4 rings (SSSR count). The van der Waals surface area contributed by atoms with Crippen LogP contribution in [-0.2, 0) is 13.1 Å². The largest absolute Gasteiger partial charge is 0.465 e. The molecule has 2 aromatic carbocycles. The third-order valence-electron chi connectivity index (χ3n) is 5.65. The molecule has 7 nitrogen and oxygen atoms in total. The number of hydrogen-bond acceptors (Lipinski definition) is 5. The predicted octanol–water partition coefficient (Wildman–Crippen LogP) is 4.12. The van der Waals surface area contributed by atoms with E-state index in [2.05, 4.69) is 10.2 Å². The monoisotopic (exact) mass is 444 g/mol. The quantitative estimate of drug-likeness (QED) is 0.442. The molecule has 0 aliphatic rings. The molecule has 0 bridgehead atoms. The van der Waals surface area contributed by atoms with Crippen LogP contribution in [0.2, 0.25) is 0 Å². The molecule has 0 saturated heterocycles. The lowest BCUT2D eigenvalue weighted by Crippen LogP contribution is -2.33. The molecule has 0 saturated carbocycles. The van der Waals surface area contributed by atoms with Gasteiger partial charge in [0.25, 0.3) is 11.5 Å². The summed E-state index contributed by atoms with van der Waals surface area (Å²) < 4.78 is 7.22. The number of furan rings is 1. The maximum Gasteiger partial charge on any atom is 0.263 e. The summed E-state index contributed by atoms with van der Waals surface area (Å²) in [5.41, 5.74) is 1.86. The van der Waals surface area contributed by atoms with Crippen molar-refractivity contribution >= 4 is 22.8 Å². The Morgan fingerprint density at radius 3 is 2.48 bits per heavy atom. The first-order valence-corrected chi connectivity index (χ1v) is 11.2. The first kappa shape index (κ1) is 22.3. The summed E-state index contributed by atoms with van der Waals surface area (Å²) in [6, 6.07) is 18.6. The Morgan fingerprint density at radius 2 is 1.82 bits per heavy atom. The van der Waals surface area contributed by atoms with Gasteiger partial charge in [-0.3, -0.25) is 14.2 Å². The third kappa shape index (κ3) is 4.82. The van der Waals surface area contributed by atoms with Crippen molar-refractivity contribution in [1.29, 1.82) is 0 Å². The van der Waals surface area contributed by atoms with Gasteiger partial charge in [0.2, 0.25) is 5.95 Å². The highest BCUT2D eigenvalue weighted by atomic mass is 16.3. The lowest BCUT2D eigenvalue weighted by molar-refractivity contribution is 0.0948. The van der Waals surface area contributed by atoms with Crippen molar-refractivity contribution in [2.45, 2.75) is 33.9 Å². The lowest BCUT2D eigenvalue weighted by Gasteiger charge is -2.24. The van der Waals surface area contributed by atoms with Crippen LogP contribution in [-0.4, -0.2) is 28.5 Å². The van der Waals surface area contributed by atoms with Crippen LogP contribution in [0, 0.1) is 6.92 Å². The minimum absolute atomic E-state index is 0.122. The van der Waals surface area contributed by atoms with Crippen LogP contribution in [0.25, 0.3) is 10.9 Å². The topological polar surface area (TPSA) is 80.4 Å². The average Bonchev–Trinajstić information content (AvgIpc) is 3.26. The molecule has 4 aromatic rings. The minimum Gasteiger partial charge on any atom is -0.465 e. The van der Waals surface area contributed by atoms with Crippen LogP contribution in [0.3, 0.4) is 0 Å². The summed E-state index contributed by atoms with van der Waals surface area (Å²) in [4.78, 5) is 33.1. The maximum absolute atomic E-state index is 13.5. The van der Waals surface area contributed by atoms with Gasteiger partial charge in [-0.25, -0.2) is 4.98 Å². The molecule has 0 fully saturated rings. The van der Waals surface area contributed by atoms with Gasteiger partial charge in [-0.15, -0.1) is 0 Å². The van der Waals surface area contributed by atoms with Gasteiger partial charge in [-0.05, 0) is 56.7 Å². The Bertz CT molecular complexity index is 1320. The number of benzene rings is 2. The molecule has 0 atom stereocenters. The summed E-state index contributed by atoms with van der Waals surface area (Å²) in [5, 5.41) is 3.34. The van der Waals surface area contributed by atoms with Gasteiger partial charge in [-0.2, -0.15) is 0 Å². The zero-order valence-corrected chi connectivity index (χ0v) is 19.2. The van der Waals surface area contributed by atoms with E-state index >= 15 is 0 Å². The number of hydrogen-bond donors (Lipinski definition) is 1. The molecule has 0 aliphatic carbocycles. The highest BCUT2D eigenvalue weighted by Gasteiger charge is 2.17. The van der Waals surface area contributed by atoms with Gasteiger partial charge < -0.3 is 14.6 Å². The van der Waals surface area contributed by atoms with Crippen LogP contribution in [0.1, 0.15) is 41.3 Å². The van der Waals surface area contributed by atoms with Crippen molar-refractivity contribution in [3.8, 4) is 0 Å². The van der Waals surface area contributed by atoms with E-state index in [4.69, 9.17) is 9.40 Å². The second kappa shape index (κ2) is 9.73. The standard InChI is InChI=1S/C26H28N4O3/c1-4-29(5-2)26-28-23-15-20(24(31)27-16-21-13-11-18(3)33-21)12-14-22(23)25(32)30(26)17-19-9-7-6-8-10-19/h6-15H,4-5,16-17H2,1-3H3,(H,27,31). The van der Waals surface area contributed by atoms with E-state index in [-0.39, 0.29) is 11.5 Å². The van der Waals surface area contributed by atoms with Gasteiger partial charge in [0.15, 0.2) is 0 Å². The number of carbonyl (C=O) groups excluding carboxylic acids is 1. The first-order chi connectivity index (χ1) is 16.0. The van der Waals surface area contributed by atoms with Crippen molar-refractivity contribution < 1.29 is 9.21 Å². The van der Waals surface area contributed by atoms with E-state index in [1.807, 2.05) is 63.2 Å². The Morgan fingerprint density at radius 1 is 1.06 bits per heavy atom. The average molecular weight is 445 g/mol. The number of aryl methyl sites for hydroxylation is 1. The number of aromatic nitrogens is 2. The van der Waals surface area contributed by atoms with Crippen LogP contribution in [0.15, 0.2) is 69.9 Å². The Labute approximate surface area is 192 Å². The lowest BCUT2D eigenvalue weighted by atomic mass is 10.1. The van der Waals surface area contributed by atoms with Crippen molar-refractivity contribution in [1.82, 2.24) is 14.9 Å². The maximum atomic E-state index is 13.5. The molecule has 1 N–H and O–H groups in total. The molecular formula is C26H28N4O3. The van der Waals surface area contributed by atoms with E-state index in [1.165, 1.54) is 0 Å². The van der Waals surface area contributed by atoms with E-state index in [1.54, 1.807) is 22.8 Å². The summed E-state index contributed by atoms with van der Waals surface area (Å²) in [5.74, 6) is 1.84. The summed E-state index contributed by atoms with van der Waals surface area (Å²) in [7, 11) is 0. The first-order valence-electron chi connectivity index (χ1n) is 11.2. The van der Waals surface area contributed by atoms with Crippen molar-refractivity contribution in [3.63, 3.8) is 0 Å². The van der Waals surface area contributed by atoms with Gasteiger partial charge in [0.1, 0.15) is 11.5 Å². The molecule has 0 aliphatic heterocycles. The van der Waals surface area contributed by atoms with Crippen molar-refractivity contribution in [3.05, 3.63) is 93.7 Å². The fraction of sp³-hybridized carbons (Fsp3) is 0.269. The second-order valence-corrected chi connectivity index (χ2v) is 7.89. The molecule has 1 amide bonds. The summed E-state index contributed by atoms with van der Waals surface area (Å²) in [6.45, 7) is 8.08. The number of rotatable bonds is 8. The minimum atomic E-state index is -0.245. The molecule has 2 aromatic heterocycles. The van der Waals surface area contributed by atoms with E-state index in [9.17, 15) is 9.59 Å². The van der Waals surface area contributed by atoms with Gasteiger partial charge in [0.05, 0.1) is 24.0 Å². The molecule has 7 heteroatoms. The zero-order valence-electron chi connectivity index (χ0n) is 19.2. The molecule has 170 valence electrons. The smallest absolute Gasteiger partial charge is 0.263 e. The molecule has 2 heterocycles. The highest BCUT2D eigenvalue weighted by molar-refractivity contribution is 5.97. The van der Waals surface area contributed by atoms with Crippen LogP contribution in [0.5, 0.6) is 0 Å². The normalized spacial score (nSPS) is 11.0. The van der Waals surface area contributed by atoms with E-state index in [0.717, 1.165) is 11.3 Å². The Balaban J connectivity index is 1.71. The third-order valence-corrected chi connectivity index (χ3v) is 5.65. The number of fused-ring (bicyclic) bond motifs is 1. The Kier molecular flexibility index (Phi) is 6.58. The number of nitrogens with zero attached hydrogens (tertiary/aromatic N) is 3. The number of carbonyl (C=O) groups is 1. The fourth-order valence-corrected chi connectivity index (χ4v) is 3.86. The molecular weight excluding hydrogens is 416 g/mol. The summed E-state index contributed by atoms with van der Waals surface area (Å²) >= 11 is 0. The van der Waals surface area contributed by atoms with Gasteiger partial charge >= 0.3 is 0 Å². The zero-order chi connectivity index (χ0) is 23.4. The van der Waals surface area contributed by atoms with Gasteiger partial charge in [-0.1, -0.05) is 30.3 Å². The number of amides is 1. The van der Waals surface area contributed by atoms with E-state index < -0.39 is 0 Å². The number of nitrogens with one attached hydrogen (secondary N) is 1. The number of anilines is 1. The van der Waals surface area contributed by atoms with Crippen LogP contribution < -0.4 is 15.8 Å². The Hall–Kier alpha value is -3.87. The molecule has 33 heavy (non-hydrogen) atoms. The molecule has 0 radical (unpaired) electrons. The second-order valence-electron chi connectivity index (χ2n) is 7.89. The van der Waals surface area contributed by atoms with Crippen molar-refractivity contribution in [2.24, 2.45) is 0 Å². The van der Waals surface area contributed by atoms with Gasteiger partial charge in [0, 0.05) is 18.7 Å².